The molecular weight excluding hydrogens is 525 g/mol. The Kier molecular flexibility index (Phi) is 9.61. The van der Waals surface area contributed by atoms with Crippen LogP contribution in [0, 0.1) is 5.82 Å². The minimum Gasteiger partial charge on any atom is -0.489 e. The molecule has 0 aliphatic carbocycles. The number of rotatable bonds is 10. The average molecular weight is 547 g/mol. The third kappa shape index (κ3) is 8.28. The molecule has 176 valence electrons. The van der Waals surface area contributed by atoms with Gasteiger partial charge in [-0.2, -0.15) is 5.10 Å². The summed E-state index contributed by atoms with van der Waals surface area (Å²) in [6.07, 6.45) is 2.31. The van der Waals surface area contributed by atoms with Gasteiger partial charge in [0.2, 0.25) is 11.8 Å². The van der Waals surface area contributed by atoms with E-state index in [0.717, 1.165) is 10.0 Å². The van der Waals surface area contributed by atoms with Gasteiger partial charge in [0, 0.05) is 28.6 Å². The number of amides is 2. The van der Waals surface area contributed by atoms with Gasteiger partial charge < -0.3 is 10.1 Å². The minimum atomic E-state index is -0.419. The second-order valence-electron chi connectivity index (χ2n) is 7.26. The molecule has 0 saturated heterocycles. The highest BCUT2D eigenvalue weighted by atomic mass is 79.9. The highest BCUT2D eigenvalue weighted by molar-refractivity contribution is 9.10. The van der Waals surface area contributed by atoms with Crippen LogP contribution in [0.1, 0.15) is 30.4 Å². The Morgan fingerprint density at radius 2 is 1.71 bits per heavy atom. The van der Waals surface area contributed by atoms with Gasteiger partial charge in [-0.1, -0.05) is 33.6 Å². The van der Waals surface area contributed by atoms with E-state index >= 15 is 0 Å². The molecule has 2 N–H and O–H groups in total. The summed E-state index contributed by atoms with van der Waals surface area (Å²) in [6.45, 7) is 0.0101. The summed E-state index contributed by atoms with van der Waals surface area (Å²) in [6, 6.07) is 18.7. The van der Waals surface area contributed by atoms with Gasteiger partial charge in [0.05, 0.1) is 11.2 Å². The largest absolute Gasteiger partial charge is 0.489 e. The Morgan fingerprint density at radius 3 is 2.41 bits per heavy atom. The number of halogens is 3. The normalized spacial score (nSPS) is 10.8. The Labute approximate surface area is 210 Å². The molecule has 0 fully saturated rings. The molecule has 0 heterocycles. The van der Waals surface area contributed by atoms with E-state index in [1.807, 2.05) is 12.1 Å². The smallest absolute Gasteiger partial charge is 0.240 e. The summed E-state index contributed by atoms with van der Waals surface area (Å²) in [5.41, 5.74) is 4.18. The third-order valence-electron chi connectivity index (χ3n) is 4.66. The monoisotopic (exact) mass is 545 g/mol. The van der Waals surface area contributed by atoms with Crippen LogP contribution in [-0.4, -0.2) is 18.0 Å². The second-order valence-corrected chi connectivity index (χ2v) is 8.58. The molecule has 6 nitrogen and oxygen atoms in total. The molecule has 0 saturated carbocycles. The number of anilines is 1. The molecule has 2 amide bonds. The molecule has 9 heteroatoms. The Balaban J connectivity index is 1.36. The number of carbonyl (C=O) groups excluding carboxylic acids is 2. The van der Waals surface area contributed by atoms with Crippen molar-refractivity contribution in [1.82, 2.24) is 5.43 Å². The van der Waals surface area contributed by atoms with E-state index in [-0.39, 0.29) is 31.3 Å². The third-order valence-corrected chi connectivity index (χ3v) is 5.55. The molecule has 3 aromatic carbocycles. The lowest BCUT2D eigenvalue weighted by molar-refractivity contribution is -0.121. The zero-order valence-electron chi connectivity index (χ0n) is 18.1. The van der Waals surface area contributed by atoms with Gasteiger partial charge in [-0.25, -0.2) is 9.82 Å². The maximum Gasteiger partial charge on any atom is 0.240 e. The first-order valence-corrected chi connectivity index (χ1v) is 11.6. The molecule has 0 atom stereocenters. The minimum absolute atomic E-state index is 0.0101. The van der Waals surface area contributed by atoms with Crippen LogP contribution in [0.5, 0.6) is 5.75 Å². The van der Waals surface area contributed by atoms with Crippen LogP contribution in [0.4, 0.5) is 10.1 Å². The van der Waals surface area contributed by atoms with E-state index in [0.29, 0.717) is 28.4 Å². The van der Waals surface area contributed by atoms with Gasteiger partial charge in [-0.05, 0) is 72.6 Å². The number of hydrogen-bond acceptors (Lipinski definition) is 4. The lowest BCUT2D eigenvalue weighted by Gasteiger charge is -2.09. The van der Waals surface area contributed by atoms with Crippen LogP contribution in [-0.2, 0) is 16.2 Å². The number of hydrazone groups is 1. The lowest BCUT2D eigenvalue weighted by Crippen LogP contribution is -2.18. The van der Waals surface area contributed by atoms with Crippen molar-refractivity contribution >= 4 is 51.2 Å². The van der Waals surface area contributed by atoms with Gasteiger partial charge in [0.25, 0.3) is 0 Å². The Bertz CT molecular complexity index is 1130. The molecule has 0 spiro atoms. The summed E-state index contributed by atoms with van der Waals surface area (Å²) in [4.78, 5) is 23.9. The van der Waals surface area contributed by atoms with Gasteiger partial charge >= 0.3 is 0 Å². The molecule has 0 unspecified atom stereocenters. The fraction of sp³-hybridized carbons (Fsp3) is 0.160. The first-order valence-electron chi connectivity index (χ1n) is 10.4. The van der Waals surface area contributed by atoms with Crippen molar-refractivity contribution in [2.45, 2.75) is 25.9 Å². The molecule has 3 rings (SSSR count). The average Bonchev–Trinajstić information content (AvgIpc) is 2.81. The van der Waals surface area contributed by atoms with Gasteiger partial charge in [0.1, 0.15) is 18.2 Å². The Morgan fingerprint density at radius 1 is 1.00 bits per heavy atom. The number of hydrogen-bond donors (Lipinski definition) is 2. The molecule has 0 radical (unpaired) electrons. The fourth-order valence-corrected chi connectivity index (χ4v) is 3.36. The standard InChI is InChI=1S/C25H22BrClFN3O3/c26-18-9-11-19(12-10-18)30-24(32)5-2-6-25(33)31-29-15-17-7-13-20(14-8-17)34-16-21-22(27)3-1-4-23(21)28/h1,3-4,7-15H,2,5-6,16H2,(H,30,32)(H,31,33)/b29-15-. The summed E-state index contributed by atoms with van der Waals surface area (Å²) in [5.74, 6) is -0.313. The topological polar surface area (TPSA) is 79.8 Å². The van der Waals surface area contributed by atoms with E-state index < -0.39 is 5.82 Å². The first-order chi connectivity index (χ1) is 16.4. The predicted molar refractivity (Wildman–Crippen MR) is 135 cm³/mol. The van der Waals surface area contributed by atoms with Crippen molar-refractivity contribution in [3.8, 4) is 5.75 Å². The van der Waals surface area contributed by atoms with Crippen molar-refractivity contribution in [2.75, 3.05) is 5.32 Å². The number of ether oxygens (including phenoxy) is 1. The summed E-state index contributed by atoms with van der Waals surface area (Å²) < 4.78 is 20.3. The number of carbonyl (C=O) groups is 2. The molecule has 0 bridgehead atoms. The lowest BCUT2D eigenvalue weighted by atomic mass is 10.2. The summed E-state index contributed by atoms with van der Waals surface area (Å²) in [5, 5.41) is 7.01. The molecule has 3 aromatic rings. The van der Waals surface area contributed by atoms with Crippen LogP contribution in [0.25, 0.3) is 0 Å². The van der Waals surface area contributed by atoms with Crippen molar-refractivity contribution in [3.63, 3.8) is 0 Å². The predicted octanol–water partition coefficient (Wildman–Crippen LogP) is 6.08. The summed E-state index contributed by atoms with van der Waals surface area (Å²) >= 11 is 9.33. The van der Waals surface area contributed by atoms with Gasteiger partial charge in [-0.3, -0.25) is 9.59 Å². The van der Waals surface area contributed by atoms with Crippen molar-refractivity contribution in [3.05, 3.63) is 93.2 Å². The van der Waals surface area contributed by atoms with Crippen LogP contribution in [0.15, 0.2) is 76.3 Å². The van der Waals surface area contributed by atoms with Crippen LogP contribution in [0.2, 0.25) is 5.02 Å². The molecule has 0 aliphatic rings. The SMILES string of the molecule is O=C(CCCC(=O)Nc1ccc(Br)cc1)N/N=C\c1ccc(OCc2c(F)cccc2Cl)cc1. The highest BCUT2D eigenvalue weighted by Gasteiger charge is 2.08. The quantitative estimate of drug-likeness (QED) is 0.239. The summed E-state index contributed by atoms with van der Waals surface area (Å²) in [7, 11) is 0. The van der Waals surface area contributed by atoms with Gasteiger partial charge in [-0.15, -0.1) is 0 Å². The van der Waals surface area contributed by atoms with E-state index in [9.17, 15) is 14.0 Å². The molecular formula is C25H22BrClFN3O3. The van der Waals surface area contributed by atoms with Crippen molar-refractivity contribution in [1.29, 1.82) is 0 Å². The van der Waals surface area contributed by atoms with Crippen LogP contribution in [0.3, 0.4) is 0 Å². The van der Waals surface area contributed by atoms with E-state index in [1.165, 1.54) is 18.3 Å². The van der Waals surface area contributed by atoms with Crippen LogP contribution >= 0.6 is 27.5 Å². The molecule has 34 heavy (non-hydrogen) atoms. The van der Waals surface area contributed by atoms with Crippen molar-refractivity contribution in [2.24, 2.45) is 5.10 Å². The van der Waals surface area contributed by atoms with E-state index in [2.05, 4.69) is 31.8 Å². The van der Waals surface area contributed by atoms with Gasteiger partial charge in [0.15, 0.2) is 0 Å². The maximum absolute atomic E-state index is 13.8. The zero-order chi connectivity index (χ0) is 24.3. The number of nitrogens with zero attached hydrogens (tertiary/aromatic N) is 1. The number of nitrogens with one attached hydrogen (secondary N) is 2. The highest BCUT2D eigenvalue weighted by Crippen LogP contribution is 2.21. The number of benzene rings is 3. The van der Waals surface area contributed by atoms with Crippen LogP contribution < -0.4 is 15.5 Å². The van der Waals surface area contributed by atoms with Crippen molar-refractivity contribution < 1.29 is 18.7 Å². The Hall–Kier alpha value is -3.23. The zero-order valence-corrected chi connectivity index (χ0v) is 20.4. The maximum atomic E-state index is 13.8. The molecule has 0 aliphatic heterocycles. The van der Waals surface area contributed by atoms with E-state index in [1.54, 1.807) is 42.5 Å². The fourth-order valence-electron chi connectivity index (χ4n) is 2.88. The first kappa shape index (κ1) is 25.4. The second kappa shape index (κ2) is 12.9. The van der Waals surface area contributed by atoms with E-state index in [4.69, 9.17) is 16.3 Å². The molecule has 0 aromatic heterocycles.